The van der Waals surface area contributed by atoms with Crippen molar-refractivity contribution >= 4 is 5.69 Å². The van der Waals surface area contributed by atoms with E-state index < -0.39 is 5.82 Å². The molecule has 2 aromatic carbocycles. The molecule has 0 aromatic heterocycles. The monoisotopic (exact) mass is 269 g/mol. The van der Waals surface area contributed by atoms with E-state index in [2.05, 4.69) is 5.32 Å². The fourth-order valence-electron chi connectivity index (χ4n) is 2.01. The van der Waals surface area contributed by atoms with Crippen molar-refractivity contribution in [1.82, 2.24) is 0 Å². The van der Waals surface area contributed by atoms with E-state index in [1.807, 2.05) is 36.4 Å². The molecule has 3 N–H and O–H groups in total. The zero-order valence-electron chi connectivity index (χ0n) is 11.0. The molecule has 2 aromatic rings. The van der Waals surface area contributed by atoms with Crippen LogP contribution in [0.25, 0.3) is 0 Å². The van der Waals surface area contributed by atoms with Crippen molar-refractivity contribution in [2.24, 2.45) is 5.73 Å². The highest BCUT2D eigenvalue weighted by Gasteiger charge is 2.08. The van der Waals surface area contributed by atoms with Gasteiger partial charge in [-0.25, -0.2) is 4.39 Å². The van der Waals surface area contributed by atoms with Gasteiger partial charge in [0.25, 0.3) is 0 Å². The summed E-state index contributed by atoms with van der Waals surface area (Å²) in [6.45, 7) is 0.578. The third kappa shape index (κ3) is 3.34. The van der Waals surface area contributed by atoms with Gasteiger partial charge in [0.05, 0.1) is 5.69 Å². The van der Waals surface area contributed by atoms with E-state index in [9.17, 15) is 4.39 Å². The van der Waals surface area contributed by atoms with Crippen LogP contribution in [0.15, 0.2) is 48.5 Å². The molecule has 0 saturated heterocycles. The predicted molar refractivity (Wildman–Crippen MR) is 77.6 cm³/mol. The molecule has 0 spiro atoms. The quantitative estimate of drug-likeness (QED) is 0.876. The summed E-state index contributed by atoms with van der Waals surface area (Å²) in [5.41, 5.74) is 7.69. The van der Waals surface area contributed by atoms with Crippen LogP contribution in [0.3, 0.4) is 0 Å². The average Bonchev–Trinajstić information content (AvgIpc) is 2.48. The van der Waals surface area contributed by atoms with E-state index in [-0.39, 0.29) is 11.6 Å². The lowest BCUT2D eigenvalue weighted by molar-refractivity contribution is 0.623. The summed E-state index contributed by atoms with van der Waals surface area (Å²) < 4.78 is 13.4. The van der Waals surface area contributed by atoms with Crippen LogP contribution in [0.2, 0.25) is 0 Å². The van der Waals surface area contributed by atoms with Crippen LogP contribution in [0.1, 0.15) is 23.6 Å². The van der Waals surface area contributed by atoms with Gasteiger partial charge >= 0.3 is 0 Å². The van der Waals surface area contributed by atoms with Crippen molar-refractivity contribution in [3.8, 4) is 6.07 Å². The molecule has 0 fully saturated rings. The van der Waals surface area contributed by atoms with Gasteiger partial charge in [-0.05, 0) is 24.1 Å². The molecular formula is C16H16FN3. The van der Waals surface area contributed by atoms with Crippen molar-refractivity contribution in [1.29, 1.82) is 5.26 Å². The number of hydrogen-bond acceptors (Lipinski definition) is 3. The predicted octanol–water partition coefficient (Wildman–Crippen LogP) is 3.20. The smallest absolute Gasteiger partial charge is 0.143 e. The summed E-state index contributed by atoms with van der Waals surface area (Å²) in [6.07, 6.45) is 0.700. The van der Waals surface area contributed by atoms with E-state index in [1.165, 1.54) is 6.07 Å². The van der Waals surface area contributed by atoms with Crippen LogP contribution in [-0.2, 0) is 0 Å². The Kier molecular flexibility index (Phi) is 4.70. The number of nitrogens with two attached hydrogens (primary N) is 1. The lowest BCUT2D eigenvalue weighted by Gasteiger charge is -2.14. The lowest BCUT2D eigenvalue weighted by Crippen LogP contribution is -2.15. The molecular weight excluding hydrogens is 253 g/mol. The number of nitriles is 1. The van der Waals surface area contributed by atoms with Gasteiger partial charge in [-0.1, -0.05) is 36.4 Å². The molecule has 2 rings (SSSR count). The molecule has 0 aliphatic heterocycles. The maximum Gasteiger partial charge on any atom is 0.143 e. The molecule has 0 amide bonds. The Balaban J connectivity index is 1.94. The standard InChI is InChI=1S/C16H16FN3/c17-14-7-4-8-16(13(14)11-18)20-10-9-15(19)12-5-2-1-3-6-12/h1-8,15,20H,9-10,19H2. The molecule has 0 saturated carbocycles. The number of nitrogens with one attached hydrogen (secondary N) is 1. The topological polar surface area (TPSA) is 61.8 Å². The van der Waals surface area contributed by atoms with E-state index >= 15 is 0 Å². The van der Waals surface area contributed by atoms with Crippen LogP contribution in [0, 0.1) is 17.1 Å². The Hall–Kier alpha value is -2.38. The van der Waals surface area contributed by atoms with E-state index in [4.69, 9.17) is 11.0 Å². The highest BCUT2D eigenvalue weighted by molar-refractivity contribution is 5.57. The van der Waals surface area contributed by atoms with Gasteiger partial charge in [0.2, 0.25) is 0 Å². The average molecular weight is 269 g/mol. The third-order valence-corrected chi connectivity index (χ3v) is 3.12. The first-order valence-corrected chi connectivity index (χ1v) is 6.45. The van der Waals surface area contributed by atoms with Crippen molar-refractivity contribution in [3.63, 3.8) is 0 Å². The third-order valence-electron chi connectivity index (χ3n) is 3.12. The molecule has 4 heteroatoms. The van der Waals surface area contributed by atoms with Crippen molar-refractivity contribution < 1.29 is 4.39 Å². The maximum absolute atomic E-state index is 13.4. The van der Waals surface area contributed by atoms with Gasteiger partial charge in [-0.3, -0.25) is 0 Å². The Bertz CT molecular complexity index is 605. The minimum absolute atomic E-state index is 0.0424. The zero-order valence-corrected chi connectivity index (χ0v) is 11.0. The summed E-state index contributed by atoms with van der Waals surface area (Å²) in [5.74, 6) is -0.509. The van der Waals surface area contributed by atoms with Gasteiger partial charge in [-0.15, -0.1) is 0 Å². The number of hydrogen-bond donors (Lipinski definition) is 2. The molecule has 0 heterocycles. The fraction of sp³-hybridized carbons (Fsp3) is 0.188. The molecule has 1 atom stereocenters. The molecule has 3 nitrogen and oxygen atoms in total. The van der Waals surface area contributed by atoms with Gasteiger partial charge in [0, 0.05) is 12.6 Å². The second-order valence-electron chi connectivity index (χ2n) is 4.51. The van der Waals surface area contributed by atoms with Crippen LogP contribution < -0.4 is 11.1 Å². The van der Waals surface area contributed by atoms with Gasteiger partial charge in [0.15, 0.2) is 0 Å². The van der Waals surface area contributed by atoms with Gasteiger partial charge in [-0.2, -0.15) is 5.26 Å². The minimum Gasteiger partial charge on any atom is -0.384 e. The first-order valence-electron chi connectivity index (χ1n) is 6.45. The second-order valence-corrected chi connectivity index (χ2v) is 4.51. The molecule has 1 unspecified atom stereocenters. The SMILES string of the molecule is N#Cc1c(F)cccc1NCCC(N)c1ccccc1. The molecule has 0 bridgehead atoms. The molecule has 20 heavy (non-hydrogen) atoms. The van der Waals surface area contributed by atoms with Crippen LogP contribution in [0.5, 0.6) is 0 Å². The van der Waals surface area contributed by atoms with Crippen molar-refractivity contribution in [2.75, 3.05) is 11.9 Å². The van der Waals surface area contributed by atoms with Crippen LogP contribution in [-0.4, -0.2) is 6.54 Å². The Labute approximate surface area is 117 Å². The minimum atomic E-state index is -0.509. The lowest BCUT2D eigenvalue weighted by atomic mass is 10.0. The molecule has 0 aliphatic carbocycles. The Morgan fingerprint density at radius 2 is 1.90 bits per heavy atom. The summed E-state index contributed by atoms with van der Waals surface area (Å²) >= 11 is 0. The van der Waals surface area contributed by atoms with E-state index in [0.717, 1.165) is 5.56 Å². The number of halogens is 1. The largest absolute Gasteiger partial charge is 0.384 e. The summed E-state index contributed by atoms with van der Waals surface area (Å²) in [6, 6.07) is 16.1. The van der Waals surface area contributed by atoms with Crippen molar-refractivity contribution in [3.05, 3.63) is 65.5 Å². The Morgan fingerprint density at radius 3 is 2.60 bits per heavy atom. The number of benzene rings is 2. The van der Waals surface area contributed by atoms with E-state index in [1.54, 1.807) is 12.1 Å². The van der Waals surface area contributed by atoms with Crippen LogP contribution in [0.4, 0.5) is 10.1 Å². The highest BCUT2D eigenvalue weighted by Crippen LogP contribution is 2.19. The Morgan fingerprint density at radius 1 is 1.15 bits per heavy atom. The highest BCUT2D eigenvalue weighted by atomic mass is 19.1. The number of anilines is 1. The molecule has 0 aliphatic rings. The van der Waals surface area contributed by atoms with Gasteiger partial charge in [0.1, 0.15) is 17.4 Å². The van der Waals surface area contributed by atoms with Crippen LogP contribution >= 0.6 is 0 Å². The van der Waals surface area contributed by atoms with Gasteiger partial charge < -0.3 is 11.1 Å². The summed E-state index contributed by atoms with van der Waals surface area (Å²) in [7, 11) is 0. The molecule has 0 radical (unpaired) electrons. The molecule has 102 valence electrons. The summed E-state index contributed by atoms with van der Waals surface area (Å²) in [4.78, 5) is 0. The normalized spacial score (nSPS) is 11.7. The first kappa shape index (κ1) is 14.0. The number of nitrogens with zero attached hydrogens (tertiary/aromatic N) is 1. The fourth-order valence-corrected chi connectivity index (χ4v) is 2.01. The van der Waals surface area contributed by atoms with Crippen molar-refractivity contribution in [2.45, 2.75) is 12.5 Å². The maximum atomic E-state index is 13.4. The first-order chi connectivity index (χ1) is 9.72. The second kappa shape index (κ2) is 6.69. The van der Waals surface area contributed by atoms with E-state index in [0.29, 0.717) is 18.7 Å². The summed E-state index contributed by atoms with van der Waals surface area (Å²) in [5, 5.41) is 12.0. The number of rotatable bonds is 5. The zero-order chi connectivity index (χ0) is 14.4.